The zero-order valence-electron chi connectivity index (χ0n) is 19.4. The van der Waals surface area contributed by atoms with Gasteiger partial charge in [-0.25, -0.2) is 0 Å². The van der Waals surface area contributed by atoms with Crippen molar-refractivity contribution >= 4 is 51.9 Å². The molecular weight excluding hydrogens is 456 g/mol. The molecule has 2 aromatic rings. The Hall–Kier alpha value is -2.84. The molecule has 2 aromatic carbocycles. The molecule has 8 heteroatoms. The number of amides is 2. The highest BCUT2D eigenvalue weighted by Gasteiger charge is 2.33. The molecule has 3 rings (SSSR count). The van der Waals surface area contributed by atoms with Crippen molar-refractivity contribution in [2.24, 2.45) is 0 Å². The summed E-state index contributed by atoms with van der Waals surface area (Å²) in [6, 6.07) is 11.2. The first-order valence-electron chi connectivity index (χ1n) is 10.7. The molecule has 1 aliphatic heterocycles. The number of carbonyl (C=O) groups is 2. The molecule has 0 bridgehead atoms. The molecular formula is C25H28N2O4S2. The van der Waals surface area contributed by atoms with Crippen LogP contribution in [0.5, 0.6) is 11.5 Å². The predicted octanol–water partition coefficient (Wildman–Crippen LogP) is 5.33. The number of nitrogens with zero attached hydrogens (tertiary/aromatic N) is 1. The lowest BCUT2D eigenvalue weighted by Gasteiger charge is -2.18. The molecule has 33 heavy (non-hydrogen) atoms. The van der Waals surface area contributed by atoms with Gasteiger partial charge >= 0.3 is 0 Å². The SMILES string of the molecule is CCOc1cc(/C=C2\SC(=S)N(C(C)C)C2=O)ccc1OCC(=O)Nc1cc(C)cc(C)c1. The quantitative estimate of drug-likeness (QED) is 0.404. The van der Waals surface area contributed by atoms with Crippen LogP contribution in [0.1, 0.15) is 37.5 Å². The Bertz CT molecular complexity index is 1090. The average molecular weight is 485 g/mol. The van der Waals surface area contributed by atoms with Crippen molar-refractivity contribution in [3.05, 3.63) is 58.0 Å². The summed E-state index contributed by atoms with van der Waals surface area (Å²) in [7, 11) is 0. The zero-order valence-corrected chi connectivity index (χ0v) is 21.1. The monoisotopic (exact) mass is 484 g/mol. The topological polar surface area (TPSA) is 67.9 Å². The standard InChI is InChI=1S/C25H28N2O4S2/c1-6-30-21-12-18(13-22-24(29)27(15(2)3)25(32)33-22)7-8-20(21)31-14-23(28)26-19-10-16(4)9-17(5)11-19/h7-13,15H,6,14H2,1-5H3,(H,26,28)/b22-13-. The van der Waals surface area contributed by atoms with Crippen LogP contribution in [-0.2, 0) is 9.59 Å². The van der Waals surface area contributed by atoms with Crippen LogP contribution < -0.4 is 14.8 Å². The predicted molar refractivity (Wildman–Crippen MR) is 138 cm³/mol. The van der Waals surface area contributed by atoms with Gasteiger partial charge in [0.15, 0.2) is 18.1 Å². The van der Waals surface area contributed by atoms with Gasteiger partial charge in [0.05, 0.1) is 11.5 Å². The Morgan fingerprint density at radius 2 is 1.82 bits per heavy atom. The van der Waals surface area contributed by atoms with Crippen molar-refractivity contribution in [1.29, 1.82) is 0 Å². The fourth-order valence-electron chi connectivity index (χ4n) is 3.47. The van der Waals surface area contributed by atoms with Gasteiger partial charge in [-0.15, -0.1) is 0 Å². The number of hydrogen-bond donors (Lipinski definition) is 1. The zero-order chi connectivity index (χ0) is 24.1. The molecule has 1 heterocycles. The Labute approximate surface area is 204 Å². The molecule has 174 valence electrons. The van der Waals surface area contributed by atoms with E-state index in [-0.39, 0.29) is 24.5 Å². The third-order valence-electron chi connectivity index (χ3n) is 4.77. The van der Waals surface area contributed by atoms with Gasteiger partial charge in [0.2, 0.25) is 0 Å². The highest BCUT2D eigenvalue weighted by atomic mass is 32.2. The fraction of sp³-hybridized carbons (Fsp3) is 0.320. The number of carbonyl (C=O) groups excluding carboxylic acids is 2. The van der Waals surface area contributed by atoms with Crippen LogP contribution in [0.4, 0.5) is 5.69 Å². The summed E-state index contributed by atoms with van der Waals surface area (Å²) < 4.78 is 12.0. The fourth-order valence-corrected chi connectivity index (χ4v) is 4.99. The van der Waals surface area contributed by atoms with Crippen LogP contribution in [-0.4, -0.2) is 40.3 Å². The summed E-state index contributed by atoms with van der Waals surface area (Å²) in [6.07, 6.45) is 1.79. The second kappa shape index (κ2) is 10.9. The minimum Gasteiger partial charge on any atom is -0.490 e. The number of benzene rings is 2. The van der Waals surface area contributed by atoms with Crippen molar-refractivity contribution in [1.82, 2.24) is 4.90 Å². The third kappa shape index (κ3) is 6.36. The molecule has 1 saturated heterocycles. The van der Waals surface area contributed by atoms with Crippen molar-refractivity contribution in [3.8, 4) is 11.5 Å². The van der Waals surface area contributed by atoms with Crippen molar-refractivity contribution in [2.75, 3.05) is 18.5 Å². The molecule has 1 fully saturated rings. The Kier molecular flexibility index (Phi) is 8.15. The average Bonchev–Trinajstić information content (AvgIpc) is 3.00. The molecule has 0 aliphatic carbocycles. The maximum Gasteiger partial charge on any atom is 0.266 e. The lowest BCUT2D eigenvalue weighted by molar-refractivity contribution is -0.123. The van der Waals surface area contributed by atoms with E-state index < -0.39 is 0 Å². The number of thioether (sulfide) groups is 1. The summed E-state index contributed by atoms with van der Waals surface area (Å²) >= 11 is 6.63. The van der Waals surface area contributed by atoms with Crippen LogP contribution in [0.2, 0.25) is 0 Å². The smallest absolute Gasteiger partial charge is 0.266 e. The number of nitrogens with one attached hydrogen (secondary N) is 1. The van der Waals surface area contributed by atoms with E-state index in [0.717, 1.165) is 22.4 Å². The van der Waals surface area contributed by atoms with Gasteiger partial charge in [0.25, 0.3) is 11.8 Å². The van der Waals surface area contributed by atoms with Gasteiger partial charge in [-0.2, -0.15) is 0 Å². The molecule has 6 nitrogen and oxygen atoms in total. The summed E-state index contributed by atoms with van der Waals surface area (Å²) in [5.41, 5.74) is 3.67. The Morgan fingerprint density at radius 1 is 1.12 bits per heavy atom. The second-order valence-electron chi connectivity index (χ2n) is 8.00. The van der Waals surface area contributed by atoms with Crippen molar-refractivity contribution in [3.63, 3.8) is 0 Å². The summed E-state index contributed by atoms with van der Waals surface area (Å²) in [6.45, 7) is 9.99. The van der Waals surface area contributed by atoms with E-state index >= 15 is 0 Å². The van der Waals surface area contributed by atoms with Gasteiger partial charge in [-0.1, -0.05) is 36.1 Å². The number of aryl methyl sites for hydroxylation is 2. The van der Waals surface area contributed by atoms with Crippen LogP contribution in [0.15, 0.2) is 41.3 Å². The van der Waals surface area contributed by atoms with Crippen molar-refractivity contribution in [2.45, 2.75) is 40.7 Å². The number of rotatable bonds is 8. The Balaban J connectivity index is 1.71. The second-order valence-corrected chi connectivity index (χ2v) is 9.67. The van der Waals surface area contributed by atoms with Crippen LogP contribution in [0.25, 0.3) is 6.08 Å². The third-order valence-corrected chi connectivity index (χ3v) is 6.10. The van der Waals surface area contributed by atoms with Gasteiger partial charge in [0, 0.05) is 11.7 Å². The maximum absolute atomic E-state index is 12.7. The normalized spacial score (nSPS) is 14.8. The van der Waals surface area contributed by atoms with Gasteiger partial charge in [0.1, 0.15) is 4.32 Å². The number of anilines is 1. The molecule has 2 amide bonds. The first-order chi connectivity index (χ1) is 15.7. The van der Waals surface area contributed by atoms with E-state index in [4.69, 9.17) is 21.7 Å². The first-order valence-corrected chi connectivity index (χ1v) is 11.9. The number of thiocarbonyl (C=S) groups is 1. The molecule has 0 aromatic heterocycles. The molecule has 0 spiro atoms. The lowest BCUT2D eigenvalue weighted by Crippen LogP contribution is -2.34. The number of ether oxygens (including phenoxy) is 2. The molecule has 0 atom stereocenters. The van der Waals surface area contributed by atoms with Gasteiger partial charge in [-0.3, -0.25) is 14.5 Å². The first kappa shape index (κ1) is 24.8. The summed E-state index contributed by atoms with van der Waals surface area (Å²) in [5, 5.41) is 2.86. The highest BCUT2D eigenvalue weighted by Crippen LogP contribution is 2.35. The molecule has 0 saturated carbocycles. The summed E-state index contributed by atoms with van der Waals surface area (Å²) in [5.74, 6) is 0.606. The van der Waals surface area contributed by atoms with Gasteiger partial charge < -0.3 is 14.8 Å². The molecule has 0 unspecified atom stereocenters. The van der Waals surface area contributed by atoms with E-state index in [2.05, 4.69) is 5.32 Å². The highest BCUT2D eigenvalue weighted by molar-refractivity contribution is 8.26. The minimum atomic E-state index is -0.260. The molecule has 1 N–H and O–H groups in total. The maximum atomic E-state index is 12.7. The number of hydrogen-bond acceptors (Lipinski definition) is 6. The van der Waals surface area contributed by atoms with E-state index in [1.54, 1.807) is 23.1 Å². The van der Waals surface area contributed by atoms with Crippen LogP contribution in [0, 0.1) is 13.8 Å². The summed E-state index contributed by atoms with van der Waals surface area (Å²) in [4.78, 5) is 27.2. The van der Waals surface area contributed by atoms with Crippen LogP contribution in [0.3, 0.4) is 0 Å². The minimum absolute atomic E-state index is 0.00743. The van der Waals surface area contributed by atoms with Gasteiger partial charge in [-0.05, 0) is 81.7 Å². The van der Waals surface area contributed by atoms with Crippen molar-refractivity contribution < 1.29 is 19.1 Å². The largest absolute Gasteiger partial charge is 0.490 e. The molecule has 0 radical (unpaired) electrons. The van der Waals surface area contributed by atoms with E-state index in [0.29, 0.717) is 27.3 Å². The van der Waals surface area contributed by atoms with E-state index in [9.17, 15) is 9.59 Å². The van der Waals surface area contributed by atoms with E-state index in [1.165, 1.54) is 11.8 Å². The molecule has 1 aliphatic rings. The Morgan fingerprint density at radius 3 is 2.42 bits per heavy atom. The lowest BCUT2D eigenvalue weighted by atomic mass is 10.1. The van der Waals surface area contributed by atoms with Crippen LogP contribution >= 0.6 is 24.0 Å². The van der Waals surface area contributed by atoms with E-state index in [1.807, 2.05) is 58.9 Å².